The van der Waals surface area contributed by atoms with E-state index in [1.54, 1.807) is 0 Å². The normalized spacial score (nSPS) is 29.8. The SMILES string of the molecule is Cc1ccc2c(c1)C1(C)CCc3ccccc3C1(C)N2N. The highest BCUT2D eigenvalue weighted by atomic mass is 15.5. The van der Waals surface area contributed by atoms with Crippen LogP contribution in [0, 0.1) is 6.92 Å². The molecule has 2 aliphatic rings. The molecule has 1 heterocycles. The van der Waals surface area contributed by atoms with Gasteiger partial charge in [-0.2, -0.15) is 0 Å². The molecule has 2 atom stereocenters. The summed E-state index contributed by atoms with van der Waals surface area (Å²) in [7, 11) is 0. The van der Waals surface area contributed by atoms with Gasteiger partial charge in [0.1, 0.15) is 0 Å². The van der Waals surface area contributed by atoms with Crippen LogP contribution in [0.15, 0.2) is 42.5 Å². The largest absolute Gasteiger partial charge is 0.300 e. The molecule has 0 fully saturated rings. The van der Waals surface area contributed by atoms with E-state index in [2.05, 4.69) is 63.2 Å². The zero-order valence-corrected chi connectivity index (χ0v) is 13.0. The van der Waals surface area contributed by atoms with Crippen molar-refractivity contribution in [2.75, 3.05) is 5.01 Å². The zero-order valence-electron chi connectivity index (χ0n) is 13.0. The lowest BCUT2D eigenvalue weighted by atomic mass is 9.59. The average molecular weight is 278 g/mol. The fourth-order valence-electron chi connectivity index (χ4n) is 4.47. The summed E-state index contributed by atoms with van der Waals surface area (Å²) in [4.78, 5) is 0. The van der Waals surface area contributed by atoms with Crippen molar-refractivity contribution in [2.45, 2.75) is 44.6 Å². The quantitative estimate of drug-likeness (QED) is 0.743. The molecule has 2 heteroatoms. The highest BCUT2D eigenvalue weighted by molar-refractivity contribution is 5.69. The molecule has 2 aromatic carbocycles. The van der Waals surface area contributed by atoms with E-state index in [9.17, 15) is 0 Å². The van der Waals surface area contributed by atoms with Crippen molar-refractivity contribution in [1.82, 2.24) is 0 Å². The predicted molar refractivity (Wildman–Crippen MR) is 87.3 cm³/mol. The van der Waals surface area contributed by atoms with Crippen LogP contribution in [0.5, 0.6) is 0 Å². The maximum absolute atomic E-state index is 6.62. The summed E-state index contributed by atoms with van der Waals surface area (Å²) in [5.41, 5.74) is 6.62. The molecule has 0 bridgehead atoms. The van der Waals surface area contributed by atoms with Crippen molar-refractivity contribution in [1.29, 1.82) is 0 Å². The van der Waals surface area contributed by atoms with Gasteiger partial charge < -0.3 is 0 Å². The first-order valence-corrected chi connectivity index (χ1v) is 7.73. The molecule has 4 rings (SSSR count). The number of aryl methyl sites for hydroxylation is 2. The van der Waals surface area contributed by atoms with Crippen LogP contribution in [0.1, 0.15) is 42.5 Å². The van der Waals surface area contributed by atoms with Gasteiger partial charge in [0.15, 0.2) is 0 Å². The topological polar surface area (TPSA) is 29.3 Å². The Balaban J connectivity index is 2.04. The summed E-state index contributed by atoms with van der Waals surface area (Å²) < 4.78 is 0. The van der Waals surface area contributed by atoms with Gasteiger partial charge >= 0.3 is 0 Å². The van der Waals surface area contributed by atoms with Gasteiger partial charge in [-0.15, -0.1) is 0 Å². The Morgan fingerprint density at radius 2 is 1.81 bits per heavy atom. The van der Waals surface area contributed by atoms with E-state index in [0.717, 1.165) is 12.8 Å². The van der Waals surface area contributed by atoms with Crippen LogP contribution in [-0.4, -0.2) is 0 Å². The van der Waals surface area contributed by atoms with Crippen molar-refractivity contribution < 1.29 is 0 Å². The summed E-state index contributed by atoms with van der Waals surface area (Å²) in [5.74, 6) is 6.62. The van der Waals surface area contributed by atoms with E-state index in [0.29, 0.717) is 0 Å². The van der Waals surface area contributed by atoms with E-state index < -0.39 is 0 Å². The Hall–Kier alpha value is -1.80. The Morgan fingerprint density at radius 1 is 1.05 bits per heavy atom. The Bertz CT molecular complexity index is 736. The van der Waals surface area contributed by atoms with Crippen molar-refractivity contribution in [3.63, 3.8) is 0 Å². The van der Waals surface area contributed by atoms with Crippen molar-refractivity contribution in [3.05, 3.63) is 64.7 Å². The molecule has 2 aromatic rings. The molecule has 0 spiro atoms. The van der Waals surface area contributed by atoms with Gasteiger partial charge in [0.05, 0.1) is 11.2 Å². The summed E-state index contributed by atoms with van der Waals surface area (Å²) in [5, 5.41) is 2.01. The Labute approximate surface area is 126 Å². The second kappa shape index (κ2) is 3.89. The van der Waals surface area contributed by atoms with Crippen LogP contribution in [0.3, 0.4) is 0 Å². The zero-order chi connectivity index (χ0) is 14.8. The first-order valence-electron chi connectivity index (χ1n) is 7.73. The first-order chi connectivity index (χ1) is 9.98. The van der Waals surface area contributed by atoms with E-state index in [1.165, 1.54) is 27.9 Å². The lowest BCUT2D eigenvalue weighted by Crippen LogP contribution is -2.57. The first kappa shape index (κ1) is 12.9. The third kappa shape index (κ3) is 1.36. The van der Waals surface area contributed by atoms with Gasteiger partial charge in [0.25, 0.3) is 0 Å². The number of benzene rings is 2. The highest BCUT2D eigenvalue weighted by Gasteiger charge is 2.58. The number of nitrogens with zero attached hydrogens (tertiary/aromatic N) is 1. The van der Waals surface area contributed by atoms with Gasteiger partial charge in [0.2, 0.25) is 0 Å². The van der Waals surface area contributed by atoms with E-state index in [-0.39, 0.29) is 11.0 Å². The lowest BCUT2D eigenvalue weighted by molar-refractivity contribution is 0.232. The number of nitrogens with two attached hydrogens (primary N) is 1. The number of hydrogen-bond donors (Lipinski definition) is 1. The molecule has 0 amide bonds. The van der Waals surface area contributed by atoms with Crippen molar-refractivity contribution in [2.24, 2.45) is 5.84 Å². The highest BCUT2D eigenvalue weighted by Crippen LogP contribution is 2.60. The number of rotatable bonds is 0. The molecule has 108 valence electrons. The standard InChI is InChI=1S/C19H22N2/c1-13-8-9-17-16(12-13)18(2)11-10-14-6-4-5-7-15(14)19(18,3)21(17)20/h4-9,12H,10-11,20H2,1-3H3. The molecule has 1 aliphatic heterocycles. The van der Waals surface area contributed by atoms with Crippen LogP contribution in [0.25, 0.3) is 0 Å². The van der Waals surface area contributed by atoms with Gasteiger partial charge in [-0.05, 0) is 49.4 Å². The molecule has 0 saturated carbocycles. The fraction of sp³-hybridized carbons (Fsp3) is 0.368. The minimum atomic E-state index is -0.169. The Kier molecular flexibility index (Phi) is 2.39. The molecule has 1 aliphatic carbocycles. The van der Waals surface area contributed by atoms with Crippen LogP contribution in [0.4, 0.5) is 5.69 Å². The molecular formula is C19H22N2. The monoisotopic (exact) mass is 278 g/mol. The minimum absolute atomic E-state index is 0.0669. The molecule has 2 N–H and O–H groups in total. The van der Waals surface area contributed by atoms with E-state index in [4.69, 9.17) is 5.84 Å². The third-order valence-electron chi connectivity index (χ3n) is 6.00. The van der Waals surface area contributed by atoms with Crippen LogP contribution in [0.2, 0.25) is 0 Å². The van der Waals surface area contributed by atoms with Gasteiger partial charge in [-0.1, -0.05) is 48.9 Å². The lowest BCUT2D eigenvalue weighted by Gasteiger charge is -2.49. The number of hydrazine groups is 1. The summed E-state index contributed by atoms with van der Waals surface area (Å²) in [6.07, 6.45) is 2.27. The molecule has 0 aromatic heterocycles. The number of fused-ring (bicyclic) bond motifs is 5. The molecule has 2 nitrogen and oxygen atoms in total. The smallest absolute Gasteiger partial charge is 0.0878 e. The maximum Gasteiger partial charge on any atom is 0.0878 e. The third-order valence-corrected chi connectivity index (χ3v) is 6.00. The minimum Gasteiger partial charge on any atom is -0.300 e. The van der Waals surface area contributed by atoms with Crippen LogP contribution in [-0.2, 0) is 17.4 Å². The molecule has 2 unspecified atom stereocenters. The Morgan fingerprint density at radius 3 is 2.62 bits per heavy atom. The maximum atomic E-state index is 6.62. The molecule has 0 radical (unpaired) electrons. The van der Waals surface area contributed by atoms with E-state index in [1.807, 2.05) is 5.01 Å². The van der Waals surface area contributed by atoms with Crippen LogP contribution >= 0.6 is 0 Å². The predicted octanol–water partition coefficient (Wildman–Crippen LogP) is 3.81. The molecule has 21 heavy (non-hydrogen) atoms. The second-order valence-corrected chi connectivity index (χ2v) is 6.95. The number of hydrogen-bond acceptors (Lipinski definition) is 2. The van der Waals surface area contributed by atoms with Gasteiger partial charge in [0, 0.05) is 5.41 Å². The van der Waals surface area contributed by atoms with Gasteiger partial charge in [-0.25, -0.2) is 5.84 Å². The van der Waals surface area contributed by atoms with Crippen molar-refractivity contribution in [3.8, 4) is 0 Å². The average Bonchev–Trinajstić information content (AvgIpc) is 2.66. The molecular weight excluding hydrogens is 256 g/mol. The van der Waals surface area contributed by atoms with Crippen molar-refractivity contribution >= 4 is 5.69 Å². The summed E-state index contributed by atoms with van der Waals surface area (Å²) in [6.45, 7) is 6.85. The fourth-order valence-corrected chi connectivity index (χ4v) is 4.47. The molecule has 0 saturated heterocycles. The van der Waals surface area contributed by atoms with Crippen LogP contribution < -0.4 is 10.9 Å². The van der Waals surface area contributed by atoms with E-state index >= 15 is 0 Å². The second-order valence-electron chi connectivity index (χ2n) is 6.95. The summed E-state index contributed by atoms with van der Waals surface area (Å²) in [6, 6.07) is 15.5. The van der Waals surface area contributed by atoms with Gasteiger partial charge in [-0.3, -0.25) is 5.01 Å². The number of anilines is 1. The summed E-state index contributed by atoms with van der Waals surface area (Å²) >= 11 is 0.